The first-order chi connectivity index (χ1) is 7.93. The molecule has 0 atom stereocenters. The number of aromatic nitrogens is 6. The van der Waals surface area contributed by atoms with E-state index in [9.17, 15) is 0 Å². The highest BCUT2D eigenvalue weighted by Crippen LogP contribution is 2.12. The van der Waals surface area contributed by atoms with E-state index < -0.39 is 0 Å². The van der Waals surface area contributed by atoms with Crippen molar-refractivity contribution in [3.63, 3.8) is 0 Å². The van der Waals surface area contributed by atoms with Crippen LogP contribution in [0.15, 0.2) is 43.1 Å². The first-order valence-electron chi connectivity index (χ1n) is 4.76. The van der Waals surface area contributed by atoms with Crippen LogP contribution in [0, 0.1) is 0 Å². The molecule has 0 bridgehead atoms. The SMILES string of the molecule is c1ccn(-c2cncc(-c3c[nH]nn3)n2)c1. The van der Waals surface area contributed by atoms with Gasteiger partial charge in [0.25, 0.3) is 0 Å². The van der Waals surface area contributed by atoms with Gasteiger partial charge in [-0.25, -0.2) is 4.98 Å². The van der Waals surface area contributed by atoms with Crippen LogP contribution in [0.2, 0.25) is 0 Å². The Kier molecular flexibility index (Phi) is 1.96. The molecule has 6 heteroatoms. The Morgan fingerprint density at radius 3 is 2.69 bits per heavy atom. The zero-order chi connectivity index (χ0) is 10.8. The summed E-state index contributed by atoms with van der Waals surface area (Å²) in [5.74, 6) is 0.755. The van der Waals surface area contributed by atoms with Gasteiger partial charge in [0.1, 0.15) is 11.4 Å². The van der Waals surface area contributed by atoms with Crippen molar-refractivity contribution < 1.29 is 0 Å². The maximum atomic E-state index is 4.44. The summed E-state index contributed by atoms with van der Waals surface area (Å²) in [5.41, 5.74) is 1.38. The Bertz CT molecular complexity index is 520. The molecule has 0 aliphatic heterocycles. The van der Waals surface area contributed by atoms with Gasteiger partial charge in [0.15, 0.2) is 5.82 Å². The molecule has 0 saturated carbocycles. The predicted octanol–water partition coefficient (Wildman–Crippen LogP) is 1.05. The molecule has 78 valence electrons. The number of rotatable bonds is 2. The predicted molar refractivity (Wildman–Crippen MR) is 56.7 cm³/mol. The molecule has 1 N–H and O–H groups in total. The second kappa shape index (κ2) is 3.58. The lowest BCUT2D eigenvalue weighted by atomic mass is 10.3. The van der Waals surface area contributed by atoms with E-state index in [0.29, 0.717) is 11.4 Å². The van der Waals surface area contributed by atoms with Crippen LogP contribution in [-0.2, 0) is 0 Å². The largest absolute Gasteiger partial charge is 0.307 e. The van der Waals surface area contributed by atoms with E-state index in [1.165, 1.54) is 0 Å². The third-order valence-corrected chi connectivity index (χ3v) is 2.17. The summed E-state index contributed by atoms with van der Waals surface area (Å²) in [4.78, 5) is 8.57. The molecule has 3 aromatic rings. The molecule has 3 aromatic heterocycles. The van der Waals surface area contributed by atoms with Crippen molar-refractivity contribution in [2.75, 3.05) is 0 Å². The van der Waals surface area contributed by atoms with E-state index >= 15 is 0 Å². The fourth-order valence-electron chi connectivity index (χ4n) is 1.42. The molecule has 16 heavy (non-hydrogen) atoms. The smallest absolute Gasteiger partial charge is 0.155 e. The minimum absolute atomic E-state index is 0.682. The van der Waals surface area contributed by atoms with E-state index in [1.807, 2.05) is 29.1 Å². The molecule has 0 saturated heterocycles. The van der Waals surface area contributed by atoms with E-state index in [0.717, 1.165) is 5.82 Å². The Balaban J connectivity index is 2.07. The first-order valence-corrected chi connectivity index (χ1v) is 4.76. The molecule has 0 radical (unpaired) electrons. The van der Waals surface area contributed by atoms with Gasteiger partial charge in [0.05, 0.1) is 18.6 Å². The molecular weight excluding hydrogens is 204 g/mol. The van der Waals surface area contributed by atoms with Gasteiger partial charge in [-0.1, -0.05) is 5.21 Å². The number of nitrogens with zero attached hydrogens (tertiary/aromatic N) is 5. The number of H-pyrrole nitrogens is 1. The van der Waals surface area contributed by atoms with Gasteiger partial charge in [-0.2, -0.15) is 0 Å². The number of aromatic amines is 1. The van der Waals surface area contributed by atoms with E-state index in [2.05, 4.69) is 25.4 Å². The van der Waals surface area contributed by atoms with Crippen LogP contribution in [-0.4, -0.2) is 29.9 Å². The second-order valence-corrected chi connectivity index (χ2v) is 3.21. The van der Waals surface area contributed by atoms with Gasteiger partial charge in [-0.15, -0.1) is 5.10 Å². The summed E-state index contributed by atoms with van der Waals surface area (Å²) in [7, 11) is 0. The summed E-state index contributed by atoms with van der Waals surface area (Å²) >= 11 is 0. The Hall–Kier alpha value is -2.50. The third-order valence-electron chi connectivity index (χ3n) is 2.17. The average Bonchev–Trinajstić information content (AvgIpc) is 3.03. The average molecular weight is 212 g/mol. The van der Waals surface area contributed by atoms with Crippen LogP contribution < -0.4 is 0 Å². The molecule has 0 aromatic carbocycles. The Morgan fingerprint density at radius 1 is 1.06 bits per heavy atom. The summed E-state index contributed by atoms with van der Waals surface area (Å²) in [6.45, 7) is 0. The van der Waals surface area contributed by atoms with Crippen molar-refractivity contribution in [3.05, 3.63) is 43.1 Å². The number of hydrogen-bond donors (Lipinski definition) is 1. The second-order valence-electron chi connectivity index (χ2n) is 3.21. The fraction of sp³-hybridized carbons (Fsp3) is 0. The Labute approximate surface area is 91.0 Å². The van der Waals surface area contributed by atoms with Crippen LogP contribution >= 0.6 is 0 Å². The van der Waals surface area contributed by atoms with E-state index in [1.54, 1.807) is 18.6 Å². The quantitative estimate of drug-likeness (QED) is 0.689. The lowest BCUT2D eigenvalue weighted by molar-refractivity contribution is 0.936. The van der Waals surface area contributed by atoms with Crippen molar-refractivity contribution in [2.24, 2.45) is 0 Å². The Morgan fingerprint density at radius 2 is 1.94 bits per heavy atom. The van der Waals surface area contributed by atoms with Gasteiger partial charge < -0.3 is 4.57 Å². The zero-order valence-corrected chi connectivity index (χ0v) is 8.28. The highest BCUT2D eigenvalue weighted by atomic mass is 15.3. The van der Waals surface area contributed by atoms with Crippen molar-refractivity contribution in [3.8, 4) is 17.2 Å². The third kappa shape index (κ3) is 1.46. The fourth-order valence-corrected chi connectivity index (χ4v) is 1.42. The normalized spacial score (nSPS) is 10.5. The standard InChI is InChI=1S/C10H8N6/c1-2-4-16(3-1)10-7-11-5-8(13-10)9-6-12-15-14-9/h1-7H,(H,12,14,15). The molecule has 3 rings (SSSR count). The van der Waals surface area contributed by atoms with Crippen molar-refractivity contribution >= 4 is 0 Å². The van der Waals surface area contributed by atoms with Gasteiger partial charge >= 0.3 is 0 Å². The molecule has 3 heterocycles. The highest BCUT2D eigenvalue weighted by Gasteiger charge is 2.04. The molecule has 0 spiro atoms. The van der Waals surface area contributed by atoms with Crippen LogP contribution in [0.4, 0.5) is 0 Å². The maximum absolute atomic E-state index is 4.44. The highest BCUT2D eigenvalue weighted by molar-refractivity contribution is 5.51. The summed E-state index contributed by atoms with van der Waals surface area (Å²) in [6.07, 6.45) is 8.87. The van der Waals surface area contributed by atoms with Crippen molar-refractivity contribution in [2.45, 2.75) is 0 Å². The van der Waals surface area contributed by atoms with Gasteiger partial charge in [-0.3, -0.25) is 10.1 Å². The number of nitrogens with one attached hydrogen (secondary N) is 1. The van der Waals surface area contributed by atoms with Gasteiger partial charge in [0, 0.05) is 12.4 Å². The van der Waals surface area contributed by atoms with E-state index in [4.69, 9.17) is 0 Å². The minimum Gasteiger partial charge on any atom is -0.307 e. The minimum atomic E-state index is 0.682. The molecule has 0 aliphatic carbocycles. The molecular formula is C10H8N6. The van der Waals surface area contributed by atoms with E-state index in [-0.39, 0.29) is 0 Å². The van der Waals surface area contributed by atoms with Crippen LogP contribution in [0.1, 0.15) is 0 Å². The lowest BCUT2D eigenvalue weighted by Crippen LogP contribution is -1.97. The molecule has 0 aliphatic rings. The molecule has 6 nitrogen and oxygen atoms in total. The van der Waals surface area contributed by atoms with Crippen molar-refractivity contribution in [1.82, 2.24) is 29.9 Å². The van der Waals surface area contributed by atoms with Crippen LogP contribution in [0.25, 0.3) is 17.2 Å². The monoisotopic (exact) mass is 212 g/mol. The summed E-state index contributed by atoms with van der Waals surface area (Å²) < 4.78 is 1.89. The maximum Gasteiger partial charge on any atom is 0.155 e. The first kappa shape index (κ1) is 8.78. The summed E-state index contributed by atoms with van der Waals surface area (Å²) in [6, 6.07) is 3.87. The molecule has 0 fully saturated rings. The molecule has 0 unspecified atom stereocenters. The van der Waals surface area contributed by atoms with Crippen molar-refractivity contribution in [1.29, 1.82) is 0 Å². The molecule has 0 amide bonds. The lowest BCUT2D eigenvalue weighted by Gasteiger charge is -2.02. The van der Waals surface area contributed by atoms with Crippen LogP contribution in [0.3, 0.4) is 0 Å². The summed E-state index contributed by atoms with van der Waals surface area (Å²) in [5, 5.41) is 10.2. The van der Waals surface area contributed by atoms with Gasteiger partial charge in [0.2, 0.25) is 0 Å². The topological polar surface area (TPSA) is 72.3 Å². The van der Waals surface area contributed by atoms with Crippen LogP contribution in [0.5, 0.6) is 0 Å². The zero-order valence-electron chi connectivity index (χ0n) is 8.28. The van der Waals surface area contributed by atoms with Gasteiger partial charge in [-0.05, 0) is 12.1 Å². The number of hydrogen-bond acceptors (Lipinski definition) is 4.